The fraction of sp³-hybridized carbons (Fsp3) is 0.419. The number of aromatic nitrogens is 2. The molecule has 0 radical (unpaired) electrons. The molecule has 2 unspecified atom stereocenters. The van der Waals surface area contributed by atoms with Gasteiger partial charge in [-0.1, -0.05) is 17.3 Å². The van der Waals surface area contributed by atoms with Crippen LogP contribution in [0.2, 0.25) is 0 Å². The number of benzene rings is 2. The van der Waals surface area contributed by atoms with Crippen LogP contribution in [-0.2, 0) is 23.1 Å². The zero-order valence-corrected chi connectivity index (χ0v) is 23.2. The second kappa shape index (κ2) is 10.1. The molecule has 11 heteroatoms. The molecule has 2 bridgehead atoms. The molecule has 0 amide bonds. The first-order chi connectivity index (χ1) is 20.2. The molecule has 2 aliphatic heterocycles. The average Bonchev–Trinajstić information content (AvgIpc) is 3.65. The van der Waals surface area contributed by atoms with Gasteiger partial charge in [0.15, 0.2) is 0 Å². The van der Waals surface area contributed by atoms with Crippen LogP contribution < -0.4 is 9.64 Å². The minimum absolute atomic E-state index is 0.0439. The third kappa shape index (κ3) is 4.79. The van der Waals surface area contributed by atoms with E-state index >= 15 is 0 Å². The lowest BCUT2D eigenvalue weighted by Crippen LogP contribution is -2.59. The van der Waals surface area contributed by atoms with Gasteiger partial charge in [0, 0.05) is 66.3 Å². The van der Waals surface area contributed by atoms with Gasteiger partial charge in [-0.3, -0.25) is 0 Å². The summed E-state index contributed by atoms with van der Waals surface area (Å²) in [5, 5.41) is 5.05. The topological polar surface area (TPSA) is 79.0 Å². The summed E-state index contributed by atoms with van der Waals surface area (Å²) in [6, 6.07) is 12.1. The summed E-state index contributed by atoms with van der Waals surface area (Å²) < 4.78 is 62.6. The lowest BCUT2D eigenvalue weighted by Gasteiger charge is -2.53. The predicted octanol–water partition coefficient (Wildman–Crippen LogP) is 6.44. The number of esters is 1. The van der Waals surface area contributed by atoms with Gasteiger partial charge in [-0.2, -0.15) is 0 Å². The van der Waals surface area contributed by atoms with E-state index in [1.807, 2.05) is 23.7 Å². The van der Waals surface area contributed by atoms with Crippen molar-refractivity contribution in [3.8, 4) is 17.0 Å². The quantitative estimate of drug-likeness (QED) is 0.222. The Morgan fingerprint density at radius 2 is 1.88 bits per heavy atom. The number of halogens is 3. The molecule has 0 spiro atoms. The number of piperidine rings is 2. The number of carbonyl (C=O) groups is 1. The monoisotopic (exact) mass is 581 g/mol. The first kappa shape index (κ1) is 26.9. The molecule has 2 atom stereocenters. The number of para-hydroxylation sites is 1. The molecule has 4 heterocycles. The van der Waals surface area contributed by atoms with Crippen molar-refractivity contribution >= 4 is 22.6 Å². The van der Waals surface area contributed by atoms with Crippen molar-refractivity contribution in [3.05, 3.63) is 65.5 Å². The van der Waals surface area contributed by atoms with Crippen LogP contribution in [0.5, 0.6) is 5.75 Å². The van der Waals surface area contributed by atoms with Crippen molar-refractivity contribution in [2.75, 3.05) is 25.1 Å². The number of ether oxygens (including phenoxy) is 3. The maximum atomic E-state index is 13.1. The van der Waals surface area contributed by atoms with Crippen LogP contribution in [0.15, 0.2) is 53.2 Å². The molecular formula is C31H30F3N3O5. The van der Waals surface area contributed by atoms with Crippen LogP contribution in [0.3, 0.4) is 0 Å². The molecule has 4 fully saturated rings. The number of aryl methyl sites for hydroxylation is 1. The standard InChI is InChI=1S/C31H30F3N3O5/c1-36-15-23(30(38)39-2)21-10-9-20(12-25(21)36)37-13-18-11-19(14-37)28(18)40-16-24-27(35-42-29(24)17-7-8-17)22-5-3-4-6-26(22)41-31(32,33)34/h3-6,9-10,12,15,17-19,28H,7-8,11,13-14,16H2,1-2H3. The smallest absolute Gasteiger partial charge is 0.465 e. The van der Waals surface area contributed by atoms with Crippen molar-refractivity contribution in [1.82, 2.24) is 9.72 Å². The van der Waals surface area contributed by atoms with E-state index in [4.69, 9.17) is 14.0 Å². The third-order valence-corrected chi connectivity index (χ3v) is 8.74. The number of alkyl halides is 3. The number of fused-ring (bicyclic) bond motifs is 3. The Kier molecular flexibility index (Phi) is 6.45. The minimum atomic E-state index is -4.82. The number of carbonyl (C=O) groups excluding carboxylic acids is 1. The van der Waals surface area contributed by atoms with Crippen molar-refractivity contribution in [1.29, 1.82) is 0 Å². The van der Waals surface area contributed by atoms with Crippen LogP contribution in [-0.4, -0.2) is 48.4 Å². The Bertz CT molecular complexity index is 1650. The van der Waals surface area contributed by atoms with E-state index in [1.165, 1.54) is 19.2 Å². The summed E-state index contributed by atoms with van der Waals surface area (Å²) in [5.41, 5.74) is 3.87. The minimum Gasteiger partial charge on any atom is -0.465 e. The Labute approximate surface area is 239 Å². The van der Waals surface area contributed by atoms with E-state index in [9.17, 15) is 18.0 Å². The van der Waals surface area contributed by atoms with E-state index in [0.29, 0.717) is 34.4 Å². The molecule has 4 aliphatic rings. The summed E-state index contributed by atoms with van der Waals surface area (Å²) in [5.74, 6) is 0.889. The fourth-order valence-electron chi connectivity index (χ4n) is 6.56. The number of rotatable bonds is 8. The Balaban J connectivity index is 1.08. The zero-order chi connectivity index (χ0) is 29.2. The second-order valence-electron chi connectivity index (χ2n) is 11.5. The van der Waals surface area contributed by atoms with Gasteiger partial charge < -0.3 is 28.2 Å². The lowest BCUT2D eigenvalue weighted by molar-refractivity contribution is -0.274. The van der Waals surface area contributed by atoms with Gasteiger partial charge in [-0.05, 0) is 49.6 Å². The lowest BCUT2D eigenvalue weighted by atomic mass is 9.68. The van der Waals surface area contributed by atoms with Gasteiger partial charge >= 0.3 is 12.3 Å². The predicted molar refractivity (Wildman–Crippen MR) is 147 cm³/mol. The highest BCUT2D eigenvalue weighted by Crippen LogP contribution is 2.48. The van der Waals surface area contributed by atoms with E-state index in [-0.39, 0.29) is 35.9 Å². The maximum absolute atomic E-state index is 13.1. The number of anilines is 1. The molecule has 0 N–H and O–H groups in total. The fourth-order valence-corrected chi connectivity index (χ4v) is 6.56. The van der Waals surface area contributed by atoms with Gasteiger partial charge in [0.25, 0.3) is 0 Å². The summed E-state index contributed by atoms with van der Waals surface area (Å²) >= 11 is 0. The van der Waals surface area contributed by atoms with Gasteiger partial charge in [-0.25, -0.2) is 4.79 Å². The average molecular weight is 582 g/mol. The summed E-state index contributed by atoms with van der Waals surface area (Å²) in [6.07, 6.45) is -0.00642. The van der Waals surface area contributed by atoms with Crippen LogP contribution in [0, 0.1) is 11.8 Å². The van der Waals surface area contributed by atoms with E-state index in [0.717, 1.165) is 48.9 Å². The molecule has 4 aromatic rings. The van der Waals surface area contributed by atoms with Crippen molar-refractivity contribution < 1.29 is 36.7 Å². The number of hydrogen-bond acceptors (Lipinski definition) is 7. The largest absolute Gasteiger partial charge is 0.573 e. The van der Waals surface area contributed by atoms with Crippen LogP contribution in [0.4, 0.5) is 18.9 Å². The van der Waals surface area contributed by atoms with E-state index < -0.39 is 6.36 Å². The van der Waals surface area contributed by atoms with Crippen LogP contribution in [0.1, 0.15) is 46.9 Å². The molecule has 2 saturated heterocycles. The highest BCUT2D eigenvalue weighted by Gasteiger charge is 2.48. The summed E-state index contributed by atoms with van der Waals surface area (Å²) in [7, 11) is 3.30. The SMILES string of the molecule is COC(=O)c1cn(C)c2cc(N3CC4CC(C3)C4OCc3c(-c4ccccc4OC(F)(F)F)noc3C3CC3)ccc12. The van der Waals surface area contributed by atoms with E-state index in [1.54, 1.807) is 18.3 Å². The highest BCUT2D eigenvalue weighted by atomic mass is 19.4. The van der Waals surface area contributed by atoms with Crippen LogP contribution in [0.25, 0.3) is 22.2 Å². The molecule has 2 aromatic heterocycles. The first-order valence-corrected chi connectivity index (χ1v) is 14.1. The van der Waals surface area contributed by atoms with Crippen molar-refractivity contribution in [2.45, 2.75) is 44.3 Å². The molecule has 2 aliphatic carbocycles. The molecular weight excluding hydrogens is 551 g/mol. The number of methoxy groups -OCH3 is 1. The summed E-state index contributed by atoms with van der Waals surface area (Å²) in [6.45, 7) is 1.87. The Hall–Kier alpha value is -3.99. The first-order valence-electron chi connectivity index (χ1n) is 14.1. The number of hydrogen-bond donors (Lipinski definition) is 0. The van der Waals surface area contributed by atoms with Gasteiger partial charge in [0.05, 0.1) is 30.9 Å². The van der Waals surface area contributed by atoms with Gasteiger partial charge in [0.1, 0.15) is 17.2 Å². The van der Waals surface area contributed by atoms with Gasteiger partial charge in [0.2, 0.25) is 0 Å². The van der Waals surface area contributed by atoms with Crippen molar-refractivity contribution in [2.24, 2.45) is 18.9 Å². The Morgan fingerprint density at radius 1 is 1.12 bits per heavy atom. The second-order valence-corrected chi connectivity index (χ2v) is 11.5. The van der Waals surface area contributed by atoms with Gasteiger partial charge in [-0.15, -0.1) is 13.2 Å². The molecule has 220 valence electrons. The normalized spacial score (nSPS) is 21.8. The molecule has 8 nitrogen and oxygen atoms in total. The maximum Gasteiger partial charge on any atom is 0.573 e. The highest BCUT2D eigenvalue weighted by molar-refractivity contribution is 6.05. The zero-order valence-electron chi connectivity index (χ0n) is 23.2. The molecule has 42 heavy (non-hydrogen) atoms. The third-order valence-electron chi connectivity index (χ3n) is 8.74. The van der Waals surface area contributed by atoms with E-state index in [2.05, 4.69) is 20.9 Å². The van der Waals surface area contributed by atoms with Crippen molar-refractivity contribution in [3.63, 3.8) is 0 Å². The molecule has 2 aromatic carbocycles. The summed E-state index contributed by atoms with van der Waals surface area (Å²) in [4.78, 5) is 14.5. The number of nitrogens with zero attached hydrogens (tertiary/aromatic N) is 3. The molecule has 2 saturated carbocycles. The van der Waals surface area contributed by atoms with Crippen LogP contribution >= 0.6 is 0 Å². The Morgan fingerprint density at radius 3 is 2.60 bits per heavy atom. The molecule has 8 rings (SSSR count).